The van der Waals surface area contributed by atoms with Crippen molar-refractivity contribution in [2.24, 2.45) is 0 Å². The first kappa shape index (κ1) is 9.40. The molecule has 0 radical (unpaired) electrons. The molecule has 0 fully saturated rings. The predicted molar refractivity (Wildman–Crippen MR) is 54.5 cm³/mol. The first-order valence-electron chi connectivity index (χ1n) is 4.65. The number of hydrogen-bond acceptors (Lipinski definition) is 3. The normalized spacial score (nSPS) is 11.1. The molecule has 0 atom stereocenters. The van der Waals surface area contributed by atoms with Crippen molar-refractivity contribution >= 4 is 17.4 Å². The highest BCUT2D eigenvalue weighted by Crippen LogP contribution is 2.12. The second-order valence-corrected chi connectivity index (χ2v) is 3.40. The highest BCUT2D eigenvalue weighted by atomic mass is 35.5. The van der Waals surface area contributed by atoms with E-state index in [1.54, 1.807) is 4.52 Å². The van der Waals surface area contributed by atoms with Gasteiger partial charge < -0.3 is 0 Å². The van der Waals surface area contributed by atoms with Gasteiger partial charge in [0, 0.05) is 12.1 Å². The molecule has 0 saturated carbocycles. The van der Waals surface area contributed by atoms with E-state index in [0.29, 0.717) is 10.9 Å². The zero-order valence-electron chi connectivity index (χ0n) is 8.16. The maximum absolute atomic E-state index is 6.03. The number of hydrogen-bond donors (Lipinski definition) is 0. The molecule has 14 heavy (non-hydrogen) atoms. The van der Waals surface area contributed by atoms with E-state index in [0.717, 1.165) is 24.4 Å². The van der Waals surface area contributed by atoms with Crippen LogP contribution < -0.4 is 0 Å². The molecule has 2 aromatic heterocycles. The lowest BCUT2D eigenvalue weighted by Crippen LogP contribution is -1.96. The minimum Gasteiger partial charge on any atom is -0.216 e. The van der Waals surface area contributed by atoms with Gasteiger partial charge in [-0.25, -0.2) is 4.98 Å². The Hall–Kier alpha value is -1.16. The van der Waals surface area contributed by atoms with Gasteiger partial charge in [0.1, 0.15) is 5.15 Å². The van der Waals surface area contributed by atoms with Gasteiger partial charge in [-0.1, -0.05) is 25.4 Å². The first-order chi connectivity index (χ1) is 6.74. The molecule has 0 aliphatic heterocycles. The summed E-state index contributed by atoms with van der Waals surface area (Å²) in [6, 6.07) is 1.82. The number of fused-ring (bicyclic) bond motifs is 1. The monoisotopic (exact) mass is 210 g/mol. The van der Waals surface area contributed by atoms with Crippen LogP contribution in [0.3, 0.4) is 0 Å². The third-order valence-electron chi connectivity index (χ3n) is 2.04. The quantitative estimate of drug-likeness (QED) is 0.712. The SMILES string of the molecule is CCc1cc(Cl)n2nc(CC)nc2n1. The van der Waals surface area contributed by atoms with Crippen LogP contribution >= 0.6 is 11.6 Å². The van der Waals surface area contributed by atoms with E-state index < -0.39 is 0 Å². The zero-order chi connectivity index (χ0) is 10.1. The van der Waals surface area contributed by atoms with Gasteiger partial charge in [0.05, 0.1) is 0 Å². The summed E-state index contributed by atoms with van der Waals surface area (Å²) in [5.74, 6) is 1.36. The molecule has 0 aromatic carbocycles. The van der Waals surface area contributed by atoms with Crippen LogP contribution in [0.5, 0.6) is 0 Å². The number of nitrogens with zero attached hydrogens (tertiary/aromatic N) is 4. The summed E-state index contributed by atoms with van der Waals surface area (Å²) < 4.78 is 1.57. The van der Waals surface area contributed by atoms with E-state index in [2.05, 4.69) is 15.1 Å². The van der Waals surface area contributed by atoms with Gasteiger partial charge in [-0.05, 0) is 12.5 Å². The molecular weight excluding hydrogens is 200 g/mol. The Kier molecular flexibility index (Phi) is 2.37. The van der Waals surface area contributed by atoms with Crippen molar-refractivity contribution in [1.29, 1.82) is 0 Å². The van der Waals surface area contributed by atoms with Crippen LogP contribution in [-0.2, 0) is 12.8 Å². The van der Waals surface area contributed by atoms with Crippen molar-refractivity contribution in [2.45, 2.75) is 26.7 Å². The third-order valence-corrected chi connectivity index (χ3v) is 2.31. The Labute approximate surface area is 86.9 Å². The van der Waals surface area contributed by atoms with E-state index in [9.17, 15) is 0 Å². The molecule has 0 bridgehead atoms. The molecule has 2 heterocycles. The lowest BCUT2D eigenvalue weighted by Gasteiger charge is -1.97. The van der Waals surface area contributed by atoms with Crippen LogP contribution in [0.25, 0.3) is 5.78 Å². The standard InChI is InChI=1S/C9H11ClN4/c1-3-6-5-7(10)14-9(11-6)12-8(4-2)13-14/h5H,3-4H2,1-2H3. The largest absolute Gasteiger partial charge is 0.254 e. The van der Waals surface area contributed by atoms with E-state index >= 15 is 0 Å². The second kappa shape index (κ2) is 3.53. The lowest BCUT2D eigenvalue weighted by atomic mass is 10.3. The van der Waals surface area contributed by atoms with Crippen LogP contribution in [-0.4, -0.2) is 19.6 Å². The first-order valence-corrected chi connectivity index (χ1v) is 5.03. The van der Waals surface area contributed by atoms with Gasteiger partial charge in [-0.2, -0.15) is 9.50 Å². The summed E-state index contributed by atoms with van der Waals surface area (Å²) in [5, 5.41) is 4.79. The molecule has 0 unspecified atom stereocenters. The summed E-state index contributed by atoms with van der Waals surface area (Å²) >= 11 is 6.03. The van der Waals surface area contributed by atoms with Gasteiger partial charge in [0.2, 0.25) is 0 Å². The molecule has 0 saturated heterocycles. The summed E-state index contributed by atoms with van der Waals surface area (Å²) in [6.07, 6.45) is 1.64. The summed E-state index contributed by atoms with van der Waals surface area (Å²) in [5.41, 5.74) is 0.942. The van der Waals surface area contributed by atoms with Gasteiger partial charge in [-0.3, -0.25) is 0 Å². The van der Waals surface area contributed by atoms with E-state index in [-0.39, 0.29) is 0 Å². The average molecular weight is 211 g/mol. The average Bonchev–Trinajstić information content (AvgIpc) is 2.61. The molecule has 5 heteroatoms. The van der Waals surface area contributed by atoms with Gasteiger partial charge in [0.15, 0.2) is 5.82 Å². The number of aromatic nitrogens is 4. The van der Waals surface area contributed by atoms with Crippen molar-refractivity contribution in [2.75, 3.05) is 0 Å². The Morgan fingerprint density at radius 2 is 2.07 bits per heavy atom. The molecule has 74 valence electrons. The van der Waals surface area contributed by atoms with Crippen molar-refractivity contribution in [1.82, 2.24) is 19.6 Å². The zero-order valence-corrected chi connectivity index (χ0v) is 8.91. The van der Waals surface area contributed by atoms with E-state index in [1.165, 1.54) is 0 Å². The highest BCUT2D eigenvalue weighted by Gasteiger charge is 2.07. The van der Waals surface area contributed by atoms with Gasteiger partial charge >= 0.3 is 0 Å². The molecule has 0 spiro atoms. The van der Waals surface area contributed by atoms with E-state index in [1.807, 2.05) is 19.9 Å². The minimum atomic E-state index is 0.569. The molecule has 0 N–H and O–H groups in total. The topological polar surface area (TPSA) is 43.1 Å². The summed E-state index contributed by atoms with van der Waals surface area (Å²) in [4.78, 5) is 8.59. The molecule has 0 aliphatic rings. The van der Waals surface area contributed by atoms with Crippen molar-refractivity contribution in [3.63, 3.8) is 0 Å². The molecule has 0 aliphatic carbocycles. The molecule has 2 aromatic rings. The minimum absolute atomic E-state index is 0.569. The molecule has 2 rings (SSSR count). The maximum atomic E-state index is 6.03. The highest BCUT2D eigenvalue weighted by molar-refractivity contribution is 6.29. The predicted octanol–water partition coefficient (Wildman–Crippen LogP) is 1.90. The molecule has 0 amide bonds. The second-order valence-electron chi connectivity index (χ2n) is 3.02. The number of halogens is 1. The third kappa shape index (κ3) is 1.46. The lowest BCUT2D eigenvalue weighted by molar-refractivity contribution is 0.871. The Morgan fingerprint density at radius 1 is 1.29 bits per heavy atom. The number of rotatable bonds is 2. The van der Waals surface area contributed by atoms with Crippen LogP contribution in [0.15, 0.2) is 6.07 Å². The molecule has 4 nitrogen and oxygen atoms in total. The molecular formula is C9H11ClN4. The fourth-order valence-electron chi connectivity index (χ4n) is 1.25. The van der Waals surface area contributed by atoms with Crippen LogP contribution in [0.2, 0.25) is 5.15 Å². The van der Waals surface area contributed by atoms with Crippen LogP contribution in [0.4, 0.5) is 0 Å². The fourth-order valence-corrected chi connectivity index (χ4v) is 1.49. The van der Waals surface area contributed by atoms with Crippen molar-refractivity contribution in [3.8, 4) is 0 Å². The Balaban J connectivity index is 2.67. The van der Waals surface area contributed by atoms with Crippen LogP contribution in [0, 0.1) is 0 Å². The number of aryl methyl sites for hydroxylation is 2. The Morgan fingerprint density at radius 3 is 2.71 bits per heavy atom. The van der Waals surface area contributed by atoms with Crippen molar-refractivity contribution < 1.29 is 0 Å². The van der Waals surface area contributed by atoms with Crippen molar-refractivity contribution in [3.05, 3.63) is 22.7 Å². The fraction of sp³-hybridized carbons (Fsp3) is 0.444. The summed E-state index contributed by atoms with van der Waals surface area (Å²) in [6.45, 7) is 4.04. The van der Waals surface area contributed by atoms with E-state index in [4.69, 9.17) is 11.6 Å². The smallest absolute Gasteiger partial charge is 0.216 e. The summed E-state index contributed by atoms with van der Waals surface area (Å²) in [7, 11) is 0. The maximum Gasteiger partial charge on any atom is 0.254 e. The van der Waals surface area contributed by atoms with Gasteiger partial charge in [0.25, 0.3) is 5.78 Å². The Bertz CT molecular complexity index is 463. The van der Waals surface area contributed by atoms with Gasteiger partial charge in [-0.15, -0.1) is 5.10 Å². The van der Waals surface area contributed by atoms with Crippen LogP contribution in [0.1, 0.15) is 25.4 Å².